The Kier molecular flexibility index (Phi) is 7.11. The average molecular weight is 438 g/mol. The lowest BCUT2D eigenvalue weighted by Gasteiger charge is -2.36. The molecule has 0 spiro atoms. The maximum Gasteiger partial charge on any atom is 0.416 e. The molecular weight excluding hydrogens is 416 g/mol. The van der Waals surface area contributed by atoms with Gasteiger partial charge in [0.05, 0.1) is 11.3 Å². The summed E-state index contributed by atoms with van der Waals surface area (Å²) in [6.07, 6.45) is -4.54. The van der Waals surface area contributed by atoms with E-state index in [1.165, 1.54) is 12.1 Å². The standard InChI is InChI=1S/C21H22F4N4O2/c22-17-6-1-2-7-18(17)29-12-10-28(11-13-29)9-8-26-19(30)20(31)27-16-5-3-4-15(14-16)21(23,24)25/h1-7,14H,8-13H2,(H,26,30)(H,27,31). The second-order valence-electron chi connectivity index (χ2n) is 7.07. The maximum absolute atomic E-state index is 13.9. The molecule has 1 fully saturated rings. The quantitative estimate of drug-likeness (QED) is 0.557. The summed E-state index contributed by atoms with van der Waals surface area (Å²) in [4.78, 5) is 27.9. The molecule has 1 aliphatic heterocycles. The van der Waals surface area contributed by atoms with Crippen LogP contribution in [0.2, 0.25) is 0 Å². The predicted octanol–water partition coefficient (Wildman–Crippen LogP) is 2.72. The molecule has 6 nitrogen and oxygen atoms in total. The molecular formula is C21H22F4N4O2. The molecule has 2 N–H and O–H groups in total. The van der Waals surface area contributed by atoms with Gasteiger partial charge in [0.15, 0.2) is 0 Å². The molecule has 0 radical (unpaired) electrons. The molecule has 166 valence electrons. The summed E-state index contributed by atoms with van der Waals surface area (Å²) in [5.74, 6) is -2.24. The van der Waals surface area contributed by atoms with Crippen LogP contribution in [0.5, 0.6) is 0 Å². The van der Waals surface area contributed by atoms with Gasteiger partial charge in [-0.3, -0.25) is 14.5 Å². The summed E-state index contributed by atoms with van der Waals surface area (Å²) in [5, 5.41) is 4.62. The van der Waals surface area contributed by atoms with Crippen molar-refractivity contribution in [3.8, 4) is 0 Å². The minimum absolute atomic E-state index is 0.112. The van der Waals surface area contributed by atoms with E-state index < -0.39 is 23.6 Å². The molecule has 0 saturated carbocycles. The van der Waals surface area contributed by atoms with Crippen LogP contribution in [0.4, 0.5) is 28.9 Å². The fourth-order valence-corrected chi connectivity index (χ4v) is 3.29. The first-order valence-corrected chi connectivity index (χ1v) is 9.72. The third-order valence-corrected chi connectivity index (χ3v) is 4.93. The van der Waals surface area contributed by atoms with Crippen LogP contribution in [0.3, 0.4) is 0 Å². The number of rotatable bonds is 5. The summed E-state index contributed by atoms with van der Waals surface area (Å²) in [6, 6.07) is 10.6. The Hall–Kier alpha value is -3.14. The number of hydrogen-bond donors (Lipinski definition) is 2. The summed E-state index contributed by atoms with van der Waals surface area (Å²) in [5.41, 5.74) is -0.471. The molecule has 0 atom stereocenters. The van der Waals surface area contributed by atoms with Gasteiger partial charge in [-0.2, -0.15) is 13.2 Å². The third kappa shape index (κ3) is 6.17. The van der Waals surface area contributed by atoms with Gasteiger partial charge in [0.1, 0.15) is 5.82 Å². The third-order valence-electron chi connectivity index (χ3n) is 4.93. The van der Waals surface area contributed by atoms with Crippen molar-refractivity contribution in [3.63, 3.8) is 0 Å². The summed E-state index contributed by atoms with van der Waals surface area (Å²) >= 11 is 0. The van der Waals surface area contributed by atoms with Crippen molar-refractivity contribution in [2.75, 3.05) is 49.5 Å². The first-order valence-electron chi connectivity index (χ1n) is 9.72. The highest BCUT2D eigenvalue weighted by Crippen LogP contribution is 2.30. The molecule has 1 aliphatic rings. The number of carbonyl (C=O) groups excluding carboxylic acids is 2. The number of hydrogen-bond acceptors (Lipinski definition) is 4. The zero-order valence-electron chi connectivity index (χ0n) is 16.6. The average Bonchev–Trinajstić information content (AvgIpc) is 2.74. The number of nitrogens with zero attached hydrogens (tertiary/aromatic N) is 2. The van der Waals surface area contributed by atoms with Crippen LogP contribution in [-0.4, -0.2) is 56.0 Å². The second-order valence-corrected chi connectivity index (χ2v) is 7.07. The molecule has 0 bridgehead atoms. The zero-order chi connectivity index (χ0) is 22.4. The first kappa shape index (κ1) is 22.5. The Labute approximate surface area is 176 Å². The number of anilines is 2. The molecule has 31 heavy (non-hydrogen) atoms. The molecule has 0 aromatic heterocycles. The lowest BCUT2D eigenvalue weighted by Crippen LogP contribution is -2.49. The summed E-state index contributed by atoms with van der Waals surface area (Å²) in [7, 11) is 0. The second kappa shape index (κ2) is 9.78. The van der Waals surface area contributed by atoms with E-state index in [4.69, 9.17) is 0 Å². The number of halogens is 4. The molecule has 1 saturated heterocycles. The van der Waals surface area contributed by atoms with Crippen molar-refractivity contribution in [1.29, 1.82) is 0 Å². The van der Waals surface area contributed by atoms with E-state index in [0.29, 0.717) is 38.4 Å². The molecule has 2 aromatic carbocycles. The van der Waals surface area contributed by atoms with E-state index in [0.717, 1.165) is 18.2 Å². The fourth-order valence-electron chi connectivity index (χ4n) is 3.29. The van der Waals surface area contributed by atoms with Crippen LogP contribution in [-0.2, 0) is 15.8 Å². The number of para-hydroxylation sites is 1. The van der Waals surface area contributed by atoms with Crippen molar-refractivity contribution in [2.45, 2.75) is 6.18 Å². The van der Waals surface area contributed by atoms with E-state index >= 15 is 0 Å². The van der Waals surface area contributed by atoms with Gasteiger partial charge in [-0.05, 0) is 30.3 Å². The Morgan fingerprint density at radius 3 is 2.32 bits per heavy atom. The molecule has 2 aromatic rings. The van der Waals surface area contributed by atoms with Gasteiger partial charge in [0, 0.05) is 45.0 Å². The lowest BCUT2D eigenvalue weighted by molar-refractivity contribution is -0.137. The van der Waals surface area contributed by atoms with Crippen molar-refractivity contribution in [1.82, 2.24) is 10.2 Å². The Bertz CT molecular complexity index is 928. The van der Waals surface area contributed by atoms with Crippen LogP contribution < -0.4 is 15.5 Å². The number of nitrogens with one attached hydrogen (secondary N) is 2. The molecule has 2 amide bonds. The topological polar surface area (TPSA) is 64.7 Å². The van der Waals surface area contributed by atoms with Gasteiger partial charge in [-0.25, -0.2) is 4.39 Å². The van der Waals surface area contributed by atoms with Gasteiger partial charge in [0.2, 0.25) is 0 Å². The van der Waals surface area contributed by atoms with Crippen LogP contribution in [0.15, 0.2) is 48.5 Å². The molecule has 1 heterocycles. The normalized spacial score (nSPS) is 14.9. The van der Waals surface area contributed by atoms with Crippen LogP contribution in [0.1, 0.15) is 5.56 Å². The van der Waals surface area contributed by atoms with Gasteiger partial charge in [-0.15, -0.1) is 0 Å². The van der Waals surface area contributed by atoms with Crippen molar-refractivity contribution >= 4 is 23.2 Å². The van der Waals surface area contributed by atoms with Crippen LogP contribution in [0, 0.1) is 5.82 Å². The fraction of sp³-hybridized carbons (Fsp3) is 0.333. The lowest BCUT2D eigenvalue weighted by atomic mass is 10.2. The van der Waals surface area contributed by atoms with Crippen LogP contribution >= 0.6 is 0 Å². The van der Waals surface area contributed by atoms with Crippen molar-refractivity contribution in [2.24, 2.45) is 0 Å². The predicted molar refractivity (Wildman–Crippen MR) is 108 cm³/mol. The Morgan fingerprint density at radius 1 is 0.935 bits per heavy atom. The highest BCUT2D eigenvalue weighted by atomic mass is 19.4. The highest BCUT2D eigenvalue weighted by molar-refractivity contribution is 6.39. The largest absolute Gasteiger partial charge is 0.416 e. The number of carbonyl (C=O) groups is 2. The number of piperazine rings is 1. The van der Waals surface area contributed by atoms with Crippen molar-refractivity contribution < 1.29 is 27.2 Å². The highest BCUT2D eigenvalue weighted by Gasteiger charge is 2.30. The van der Waals surface area contributed by atoms with E-state index in [-0.39, 0.29) is 18.0 Å². The minimum atomic E-state index is -4.54. The molecule has 0 aliphatic carbocycles. The van der Waals surface area contributed by atoms with E-state index in [2.05, 4.69) is 15.5 Å². The van der Waals surface area contributed by atoms with Gasteiger partial charge in [-0.1, -0.05) is 18.2 Å². The van der Waals surface area contributed by atoms with E-state index in [9.17, 15) is 27.2 Å². The van der Waals surface area contributed by atoms with Gasteiger partial charge >= 0.3 is 18.0 Å². The molecule has 0 unspecified atom stereocenters. The Morgan fingerprint density at radius 2 is 1.65 bits per heavy atom. The molecule has 10 heteroatoms. The number of benzene rings is 2. The zero-order valence-corrected chi connectivity index (χ0v) is 16.6. The Balaban J connectivity index is 1.40. The SMILES string of the molecule is O=C(NCCN1CCN(c2ccccc2F)CC1)C(=O)Nc1cccc(C(F)(F)F)c1. The first-order chi connectivity index (χ1) is 14.7. The van der Waals surface area contributed by atoms with Crippen LogP contribution in [0.25, 0.3) is 0 Å². The van der Waals surface area contributed by atoms with Gasteiger partial charge in [0.25, 0.3) is 0 Å². The number of amides is 2. The monoisotopic (exact) mass is 438 g/mol. The number of alkyl halides is 3. The summed E-state index contributed by atoms with van der Waals surface area (Å²) < 4.78 is 52.1. The minimum Gasteiger partial charge on any atom is -0.367 e. The van der Waals surface area contributed by atoms with Gasteiger partial charge < -0.3 is 15.5 Å². The smallest absolute Gasteiger partial charge is 0.367 e. The molecule has 3 rings (SSSR count). The van der Waals surface area contributed by atoms with Crippen molar-refractivity contribution in [3.05, 3.63) is 59.9 Å². The maximum atomic E-state index is 13.9. The van der Waals surface area contributed by atoms with E-state index in [1.807, 2.05) is 4.90 Å². The van der Waals surface area contributed by atoms with E-state index in [1.54, 1.807) is 18.2 Å². The summed E-state index contributed by atoms with van der Waals surface area (Å²) in [6.45, 7) is 3.29.